The van der Waals surface area contributed by atoms with Crippen molar-refractivity contribution in [3.05, 3.63) is 59.5 Å². The lowest BCUT2D eigenvalue weighted by Gasteiger charge is -2.35. The Labute approximate surface area is 149 Å². The van der Waals surface area contributed by atoms with Gasteiger partial charge in [0, 0.05) is 25.2 Å². The molecule has 5 nitrogen and oxygen atoms in total. The Kier molecular flexibility index (Phi) is 5.13. The van der Waals surface area contributed by atoms with Gasteiger partial charge in [0.1, 0.15) is 5.76 Å². The van der Waals surface area contributed by atoms with Crippen molar-refractivity contribution < 1.29 is 9.21 Å². The van der Waals surface area contributed by atoms with E-state index in [-0.39, 0.29) is 17.6 Å². The number of amides is 2. The molecule has 2 N–H and O–H groups in total. The summed E-state index contributed by atoms with van der Waals surface area (Å²) in [5, 5.41) is 5.94. The van der Waals surface area contributed by atoms with Crippen LogP contribution >= 0.6 is 0 Å². The molecule has 0 bridgehead atoms. The third kappa shape index (κ3) is 4.63. The van der Waals surface area contributed by atoms with Crippen LogP contribution in [0.5, 0.6) is 0 Å². The molecule has 1 atom stereocenters. The lowest BCUT2D eigenvalue weighted by atomic mass is 9.98. The first kappa shape index (κ1) is 17.5. The summed E-state index contributed by atoms with van der Waals surface area (Å²) < 4.78 is 5.66. The van der Waals surface area contributed by atoms with E-state index in [1.807, 2.05) is 32.9 Å². The minimum atomic E-state index is -0.256. The molecule has 1 aromatic carbocycles. The van der Waals surface area contributed by atoms with Crippen molar-refractivity contribution in [3.8, 4) is 0 Å². The summed E-state index contributed by atoms with van der Waals surface area (Å²) in [5.41, 5.74) is 2.51. The van der Waals surface area contributed by atoms with Crippen LogP contribution in [0.3, 0.4) is 0 Å². The van der Waals surface area contributed by atoms with E-state index in [1.54, 1.807) is 6.26 Å². The number of fused-ring (bicyclic) bond motifs is 1. The predicted octanol–water partition coefficient (Wildman–Crippen LogP) is 3.48. The fraction of sp³-hybridized carbons (Fsp3) is 0.450. The second kappa shape index (κ2) is 7.31. The monoisotopic (exact) mass is 341 g/mol. The maximum Gasteiger partial charge on any atom is 0.315 e. The van der Waals surface area contributed by atoms with Crippen LogP contribution in [0.2, 0.25) is 0 Å². The molecule has 0 radical (unpaired) electrons. The number of urea groups is 1. The van der Waals surface area contributed by atoms with Gasteiger partial charge in [-0.15, -0.1) is 0 Å². The number of carbonyl (C=O) groups excluding carboxylic acids is 1. The van der Waals surface area contributed by atoms with Crippen molar-refractivity contribution in [2.75, 3.05) is 13.1 Å². The van der Waals surface area contributed by atoms with Crippen molar-refractivity contribution in [1.29, 1.82) is 0 Å². The molecule has 2 amide bonds. The van der Waals surface area contributed by atoms with Crippen molar-refractivity contribution in [2.45, 2.75) is 45.3 Å². The molecule has 0 unspecified atom stereocenters. The first-order chi connectivity index (χ1) is 11.9. The summed E-state index contributed by atoms with van der Waals surface area (Å²) in [6.07, 6.45) is 2.71. The first-order valence-electron chi connectivity index (χ1n) is 8.82. The fourth-order valence-electron chi connectivity index (χ4n) is 3.25. The molecule has 0 saturated heterocycles. The summed E-state index contributed by atoms with van der Waals surface area (Å²) in [4.78, 5) is 14.5. The van der Waals surface area contributed by atoms with E-state index in [9.17, 15) is 4.79 Å². The van der Waals surface area contributed by atoms with Gasteiger partial charge in [0.25, 0.3) is 0 Å². The summed E-state index contributed by atoms with van der Waals surface area (Å²) in [5.74, 6) is 0.885. The molecule has 1 aliphatic rings. The average molecular weight is 341 g/mol. The highest BCUT2D eigenvalue weighted by Gasteiger charge is 2.27. The number of furan rings is 1. The molecule has 25 heavy (non-hydrogen) atoms. The van der Waals surface area contributed by atoms with Gasteiger partial charge in [-0.3, -0.25) is 4.90 Å². The van der Waals surface area contributed by atoms with Gasteiger partial charge in [-0.2, -0.15) is 0 Å². The van der Waals surface area contributed by atoms with E-state index in [0.717, 1.165) is 25.3 Å². The summed E-state index contributed by atoms with van der Waals surface area (Å²) in [6.45, 7) is 8.24. The van der Waals surface area contributed by atoms with Crippen LogP contribution < -0.4 is 10.6 Å². The van der Waals surface area contributed by atoms with Crippen LogP contribution in [0, 0.1) is 0 Å². The van der Waals surface area contributed by atoms with Crippen LogP contribution in [-0.4, -0.2) is 29.6 Å². The Bertz CT molecular complexity index is 704. The van der Waals surface area contributed by atoms with Gasteiger partial charge >= 0.3 is 6.03 Å². The first-order valence-corrected chi connectivity index (χ1v) is 8.82. The van der Waals surface area contributed by atoms with Crippen molar-refractivity contribution in [1.82, 2.24) is 15.5 Å². The van der Waals surface area contributed by atoms with Crippen molar-refractivity contribution in [2.24, 2.45) is 0 Å². The predicted molar refractivity (Wildman–Crippen MR) is 98.3 cm³/mol. The number of benzene rings is 1. The standard InChI is InChI=1S/C20H27N3O2/c1-20(2,3)22-19(24)21-13-17(18-9-6-12-25-18)23-11-10-15-7-4-5-8-16(15)14-23/h4-9,12,17H,10-11,13-14H2,1-3H3,(H2,21,22,24)/t17-/m1/s1. The Morgan fingerprint density at radius 2 is 1.96 bits per heavy atom. The Balaban J connectivity index is 1.70. The van der Waals surface area contributed by atoms with Gasteiger partial charge in [0.2, 0.25) is 0 Å². The van der Waals surface area contributed by atoms with E-state index < -0.39 is 0 Å². The molecule has 2 heterocycles. The van der Waals surface area contributed by atoms with Gasteiger partial charge in [-0.05, 0) is 50.5 Å². The second-order valence-corrected chi connectivity index (χ2v) is 7.61. The maximum absolute atomic E-state index is 12.1. The SMILES string of the molecule is CC(C)(C)NC(=O)NC[C@H](c1ccco1)N1CCc2ccccc2C1. The second-order valence-electron chi connectivity index (χ2n) is 7.61. The zero-order chi connectivity index (χ0) is 17.9. The van der Waals surface area contributed by atoms with Crippen molar-refractivity contribution in [3.63, 3.8) is 0 Å². The quantitative estimate of drug-likeness (QED) is 0.895. The van der Waals surface area contributed by atoms with Crippen LogP contribution in [-0.2, 0) is 13.0 Å². The lowest BCUT2D eigenvalue weighted by molar-refractivity contribution is 0.154. The zero-order valence-corrected chi connectivity index (χ0v) is 15.2. The van der Waals surface area contributed by atoms with Crippen molar-refractivity contribution >= 4 is 6.03 Å². The van der Waals surface area contributed by atoms with Gasteiger partial charge < -0.3 is 15.1 Å². The lowest BCUT2D eigenvalue weighted by Crippen LogP contribution is -2.49. The van der Waals surface area contributed by atoms with E-state index >= 15 is 0 Å². The molecular formula is C20H27N3O2. The highest BCUT2D eigenvalue weighted by molar-refractivity contribution is 5.74. The molecular weight excluding hydrogens is 314 g/mol. The fourth-order valence-corrected chi connectivity index (χ4v) is 3.25. The van der Waals surface area contributed by atoms with Gasteiger partial charge in [-0.25, -0.2) is 4.79 Å². The smallest absolute Gasteiger partial charge is 0.315 e. The molecule has 5 heteroatoms. The number of hydrogen-bond donors (Lipinski definition) is 2. The molecule has 1 aliphatic heterocycles. The zero-order valence-electron chi connectivity index (χ0n) is 15.2. The molecule has 0 saturated carbocycles. The number of carbonyl (C=O) groups is 1. The number of nitrogens with zero attached hydrogens (tertiary/aromatic N) is 1. The molecule has 0 spiro atoms. The normalized spacial score (nSPS) is 16.1. The molecule has 1 aromatic heterocycles. The van der Waals surface area contributed by atoms with Crippen LogP contribution in [0.4, 0.5) is 4.79 Å². The molecule has 2 aromatic rings. The molecule has 0 aliphatic carbocycles. The third-order valence-electron chi connectivity index (χ3n) is 4.42. The van der Waals surface area contributed by atoms with E-state index in [0.29, 0.717) is 6.54 Å². The van der Waals surface area contributed by atoms with Gasteiger partial charge in [-0.1, -0.05) is 24.3 Å². The largest absolute Gasteiger partial charge is 0.468 e. The topological polar surface area (TPSA) is 57.5 Å². The van der Waals surface area contributed by atoms with Gasteiger partial charge in [0.15, 0.2) is 0 Å². The average Bonchev–Trinajstić information content (AvgIpc) is 3.07. The number of hydrogen-bond acceptors (Lipinski definition) is 3. The minimum Gasteiger partial charge on any atom is -0.468 e. The highest BCUT2D eigenvalue weighted by atomic mass is 16.3. The van der Waals surface area contributed by atoms with Crippen LogP contribution in [0.15, 0.2) is 47.1 Å². The van der Waals surface area contributed by atoms with E-state index in [1.165, 1.54) is 11.1 Å². The number of rotatable bonds is 4. The van der Waals surface area contributed by atoms with E-state index in [2.05, 4.69) is 39.8 Å². The van der Waals surface area contributed by atoms with Crippen LogP contribution in [0.1, 0.15) is 43.7 Å². The minimum absolute atomic E-state index is 0.0223. The Morgan fingerprint density at radius 3 is 2.64 bits per heavy atom. The molecule has 3 rings (SSSR count). The van der Waals surface area contributed by atoms with E-state index in [4.69, 9.17) is 4.42 Å². The highest BCUT2D eigenvalue weighted by Crippen LogP contribution is 2.27. The summed E-state index contributed by atoms with van der Waals surface area (Å²) in [7, 11) is 0. The maximum atomic E-state index is 12.1. The van der Waals surface area contributed by atoms with Crippen LogP contribution in [0.25, 0.3) is 0 Å². The Hall–Kier alpha value is -2.27. The number of nitrogens with one attached hydrogen (secondary N) is 2. The third-order valence-corrected chi connectivity index (χ3v) is 4.42. The van der Waals surface area contributed by atoms with Gasteiger partial charge in [0.05, 0.1) is 12.3 Å². The molecule has 134 valence electrons. The molecule has 0 fully saturated rings. The summed E-state index contributed by atoms with van der Waals surface area (Å²) >= 11 is 0. The Morgan fingerprint density at radius 1 is 1.20 bits per heavy atom. The summed E-state index contributed by atoms with van der Waals surface area (Å²) in [6, 6.07) is 12.3.